The number of amides is 1. The van der Waals surface area contributed by atoms with Crippen LogP contribution < -0.4 is 10.1 Å². The lowest BCUT2D eigenvalue weighted by atomic mass is 9.94. The number of thiazole rings is 1. The standard InChI is InChI=1S/C29H28F2N4O2S2/c1-18(36)35-10-8-19(9-11-35)27-17-38-29(33-27)34-28-21(12-20-6-7-22(30)14-26(20)31)13-25(16-32-28)39-24-5-3-4-23(15-24)37-2/h3-7,13-17,19H,8-12H2,1-2H3,(H,32,33,34). The molecule has 0 aliphatic carbocycles. The average Bonchev–Trinajstić information content (AvgIpc) is 3.40. The van der Waals surface area contributed by atoms with E-state index in [1.165, 1.54) is 35.2 Å². The van der Waals surface area contributed by atoms with Crippen molar-refractivity contribution >= 4 is 40.0 Å². The summed E-state index contributed by atoms with van der Waals surface area (Å²) < 4.78 is 33.4. The summed E-state index contributed by atoms with van der Waals surface area (Å²) in [6.07, 6.45) is 3.76. The Balaban J connectivity index is 1.38. The number of carbonyl (C=O) groups excluding carboxylic acids is 1. The van der Waals surface area contributed by atoms with Gasteiger partial charge in [-0.05, 0) is 48.7 Å². The van der Waals surface area contributed by atoms with Crippen LogP contribution in [-0.2, 0) is 11.2 Å². The summed E-state index contributed by atoms with van der Waals surface area (Å²) in [5.74, 6) is 0.528. The number of halogens is 2. The number of likely N-dealkylation sites (tertiary alicyclic amines) is 1. The molecule has 1 aliphatic rings. The van der Waals surface area contributed by atoms with E-state index < -0.39 is 11.6 Å². The number of benzene rings is 2. The summed E-state index contributed by atoms with van der Waals surface area (Å²) in [7, 11) is 1.63. The van der Waals surface area contributed by atoms with Crippen molar-refractivity contribution in [1.82, 2.24) is 14.9 Å². The number of anilines is 2. The van der Waals surface area contributed by atoms with Crippen LogP contribution in [-0.4, -0.2) is 41.0 Å². The van der Waals surface area contributed by atoms with Gasteiger partial charge >= 0.3 is 0 Å². The van der Waals surface area contributed by atoms with Gasteiger partial charge in [-0.15, -0.1) is 11.3 Å². The molecule has 0 bridgehead atoms. The Morgan fingerprint density at radius 1 is 1.13 bits per heavy atom. The molecule has 0 spiro atoms. The number of ether oxygens (including phenoxy) is 1. The normalized spacial score (nSPS) is 13.9. The quantitative estimate of drug-likeness (QED) is 0.247. The average molecular weight is 567 g/mol. The van der Waals surface area contributed by atoms with Crippen LogP contribution >= 0.6 is 23.1 Å². The van der Waals surface area contributed by atoms with Crippen LogP contribution in [0.4, 0.5) is 19.7 Å². The number of carbonyl (C=O) groups is 1. The van der Waals surface area contributed by atoms with Crippen molar-refractivity contribution in [2.24, 2.45) is 0 Å². The number of nitrogens with one attached hydrogen (secondary N) is 1. The number of aromatic nitrogens is 2. The molecular weight excluding hydrogens is 538 g/mol. The highest BCUT2D eigenvalue weighted by Gasteiger charge is 2.24. The van der Waals surface area contributed by atoms with E-state index >= 15 is 0 Å². The first-order valence-corrected chi connectivity index (χ1v) is 14.3. The number of hydrogen-bond acceptors (Lipinski definition) is 7. The smallest absolute Gasteiger partial charge is 0.219 e. The molecule has 0 atom stereocenters. The maximum absolute atomic E-state index is 14.6. The monoisotopic (exact) mass is 566 g/mol. The van der Waals surface area contributed by atoms with Crippen LogP contribution in [0.1, 0.15) is 42.5 Å². The van der Waals surface area contributed by atoms with Crippen LogP contribution in [0.2, 0.25) is 0 Å². The second-order valence-electron chi connectivity index (χ2n) is 9.36. The highest BCUT2D eigenvalue weighted by atomic mass is 32.2. The van der Waals surface area contributed by atoms with Gasteiger partial charge in [-0.25, -0.2) is 18.7 Å². The molecule has 202 valence electrons. The first kappa shape index (κ1) is 27.1. The van der Waals surface area contributed by atoms with E-state index in [0.29, 0.717) is 22.4 Å². The molecule has 2 aromatic heterocycles. The number of nitrogens with zero attached hydrogens (tertiary/aromatic N) is 3. The van der Waals surface area contributed by atoms with Gasteiger partial charge in [0.15, 0.2) is 5.13 Å². The fraction of sp³-hybridized carbons (Fsp3) is 0.276. The number of piperidine rings is 1. The van der Waals surface area contributed by atoms with Crippen molar-refractivity contribution in [2.45, 2.75) is 41.9 Å². The van der Waals surface area contributed by atoms with Crippen molar-refractivity contribution in [1.29, 1.82) is 0 Å². The van der Waals surface area contributed by atoms with Gasteiger partial charge in [0.05, 0.1) is 12.8 Å². The molecular formula is C29H28F2N4O2S2. The number of hydrogen-bond donors (Lipinski definition) is 1. The van der Waals surface area contributed by atoms with E-state index in [0.717, 1.165) is 58.8 Å². The first-order chi connectivity index (χ1) is 18.9. The second kappa shape index (κ2) is 12.1. The topological polar surface area (TPSA) is 67.3 Å². The lowest BCUT2D eigenvalue weighted by Crippen LogP contribution is -2.36. The molecule has 5 rings (SSSR count). The first-order valence-electron chi connectivity index (χ1n) is 12.6. The Hall–Kier alpha value is -3.50. The minimum absolute atomic E-state index is 0.110. The predicted molar refractivity (Wildman–Crippen MR) is 150 cm³/mol. The SMILES string of the molecule is COc1cccc(Sc2cnc(Nc3nc(C4CCN(C(C)=O)CC4)cs3)c(Cc3ccc(F)cc3F)c2)c1. The number of methoxy groups -OCH3 is 1. The highest BCUT2D eigenvalue weighted by molar-refractivity contribution is 7.99. The minimum atomic E-state index is -0.612. The third-order valence-corrected chi connectivity index (χ3v) is 8.44. The molecule has 39 heavy (non-hydrogen) atoms. The summed E-state index contributed by atoms with van der Waals surface area (Å²) in [5.41, 5.74) is 2.14. The van der Waals surface area contributed by atoms with E-state index in [1.54, 1.807) is 20.2 Å². The van der Waals surface area contributed by atoms with Crippen LogP contribution in [0.25, 0.3) is 0 Å². The predicted octanol–water partition coefficient (Wildman–Crippen LogP) is 7.04. The Kier molecular flexibility index (Phi) is 8.42. The Bertz CT molecular complexity index is 1470. The molecule has 10 heteroatoms. The summed E-state index contributed by atoms with van der Waals surface area (Å²) >= 11 is 3.01. The van der Waals surface area contributed by atoms with Crippen molar-refractivity contribution in [3.8, 4) is 5.75 Å². The Morgan fingerprint density at radius 2 is 1.95 bits per heavy atom. The fourth-order valence-corrected chi connectivity index (χ4v) is 6.28. The Morgan fingerprint density at radius 3 is 2.69 bits per heavy atom. The lowest BCUT2D eigenvalue weighted by molar-refractivity contribution is -0.129. The molecule has 1 saturated heterocycles. The van der Waals surface area contributed by atoms with Crippen LogP contribution in [0, 0.1) is 11.6 Å². The zero-order valence-electron chi connectivity index (χ0n) is 21.6. The molecule has 0 saturated carbocycles. The van der Waals surface area contributed by atoms with Crippen LogP contribution in [0.5, 0.6) is 5.75 Å². The third kappa shape index (κ3) is 6.75. The molecule has 3 heterocycles. The van der Waals surface area contributed by atoms with Crippen LogP contribution in [0.15, 0.2) is 69.9 Å². The van der Waals surface area contributed by atoms with Gasteiger partial charge in [0.2, 0.25) is 5.91 Å². The highest BCUT2D eigenvalue weighted by Crippen LogP contribution is 2.35. The molecule has 6 nitrogen and oxygen atoms in total. The zero-order valence-corrected chi connectivity index (χ0v) is 23.2. The zero-order chi connectivity index (χ0) is 27.4. The molecule has 1 aliphatic heterocycles. The van der Waals surface area contributed by atoms with E-state index in [9.17, 15) is 13.6 Å². The van der Waals surface area contributed by atoms with Gasteiger partial charge in [-0.1, -0.05) is 23.9 Å². The maximum Gasteiger partial charge on any atom is 0.219 e. The summed E-state index contributed by atoms with van der Waals surface area (Å²) in [6, 6.07) is 13.3. The maximum atomic E-state index is 14.6. The van der Waals surface area contributed by atoms with Gasteiger partial charge < -0.3 is 15.0 Å². The van der Waals surface area contributed by atoms with Gasteiger partial charge in [0.1, 0.15) is 23.2 Å². The van der Waals surface area contributed by atoms with Gasteiger partial charge in [0.25, 0.3) is 0 Å². The summed E-state index contributed by atoms with van der Waals surface area (Å²) in [6.45, 7) is 3.08. The lowest BCUT2D eigenvalue weighted by Gasteiger charge is -2.30. The molecule has 0 radical (unpaired) electrons. The third-order valence-electron chi connectivity index (χ3n) is 6.72. The second-order valence-corrected chi connectivity index (χ2v) is 11.4. The van der Waals surface area contributed by atoms with Gasteiger partial charge in [0, 0.05) is 65.3 Å². The van der Waals surface area contributed by atoms with Crippen molar-refractivity contribution in [3.05, 3.63) is 88.6 Å². The van der Waals surface area contributed by atoms with Crippen molar-refractivity contribution in [3.63, 3.8) is 0 Å². The largest absolute Gasteiger partial charge is 0.497 e. The number of rotatable bonds is 8. The van der Waals surface area contributed by atoms with Crippen molar-refractivity contribution < 1.29 is 18.3 Å². The summed E-state index contributed by atoms with van der Waals surface area (Å²) in [4.78, 5) is 24.9. The molecule has 4 aromatic rings. The van der Waals surface area contributed by atoms with E-state index in [2.05, 4.69) is 10.3 Å². The fourth-order valence-electron chi connectivity index (χ4n) is 4.59. The molecule has 1 fully saturated rings. The summed E-state index contributed by atoms with van der Waals surface area (Å²) in [5, 5.41) is 6.06. The molecule has 2 aromatic carbocycles. The minimum Gasteiger partial charge on any atom is -0.497 e. The van der Waals surface area contributed by atoms with Gasteiger partial charge in [-0.2, -0.15) is 0 Å². The van der Waals surface area contributed by atoms with E-state index in [4.69, 9.17) is 9.72 Å². The molecule has 1 N–H and O–H groups in total. The molecule has 1 amide bonds. The Labute approximate surface area is 234 Å². The molecule has 0 unspecified atom stereocenters. The van der Waals surface area contributed by atoms with E-state index in [-0.39, 0.29) is 12.3 Å². The van der Waals surface area contributed by atoms with Crippen LogP contribution in [0.3, 0.4) is 0 Å². The van der Waals surface area contributed by atoms with E-state index in [1.807, 2.05) is 40.6 Å². The number of pyridine rings is 1. The van der Waals surface area contributed by atoms with Crippen molar-refractivity contribution in [2.75, 3.05) is 25.5 Å². The van der Waals surface area contributed by atoms with Gasteiger partial charge in [-0.3, -0.25) is 4.79 Å².